The molecule has 0 spiro atoms. The van der Waals surface area contributed by atoms with Gasteiger partial charge in [-0.25, -0.2) is 9.18 Å². The van der Waals surface area contributed by atoms with Crippen LogP contribution in [-0.4, -0.2) is 18.5 Å². The van der Waals surface area contributed by atoms with Gasteiger partial charge in [0.05, 0.1) is 29.2 Å². The summed E-state index contributed by atoms with van der Waals surface area (Å²) in [6.45, 7) is 2.32. The summed E-state index contributed by atoms with van der Waals surface area (Å²) in [5.74, 6) is -1.73. The van der Waals surface area contributed by atoms with Crippen LogP contribution in [0.25, 0.3) is 11.0 Å². The first-order chi connectivity index (χ1) is 17.4. The molecule has 8 heteroatoms. The van der Waals surface area contributed by atoms with Crippen LogP contribution in [0, 0.1) is 5.82 Å². The molecule has 36 heavy (non-hydrogen) atoms. The van der Waals surface area contributed by atoms with E-state index in [0.717, 1.165) is 12.8 Å². The fourth-order valence-corrected chi connectivity index (χ4v) is 4.71. The Hall–Kier alpha value is -3.78. The summed E-state index contributed by atoms with van der Waals surface area (Å²) in [5.41, 5.74) is 0.788. The third-order valence-corrected chi connectivity index (χ3v) is 6.64. The molecular formula is C28H21BrFNO5. The summed E-state index contributed by atoms with van der Waals surface area (Å²) in [7, 11) is 0. The summed E-state index contributed by atoms with van der Waals surface area (Å²) in [6.07, 6.45) is 1.67. The van der Waals surface area contributed by atoms with Gasteiger partial charge in [-0.2, -0.15) is 0 Å². The van der Waals surface area contributed by atoms with Crippen LogP contribution in [-0.2, 0) is 4.74 Å². The highest BCUT2D eigenvalue weighted by Crippen LogP contribution is 2.42. The highest BCUT2D eigenvalue weighted by molar-refractivity contribution is 9.10. The molecule has 0 aliphatic carbocycles. The normalized spacial score (nSPS) is 14.8. The molecule has 0 saturated carbocycles. The molecule has 5 rings (SSSR count). The van der Waals surface area contributed by atoms with Crippen LogP contribution in [0.3, 0.4) is 0 Å². The summed E-state index contributed by atoms with van der Waals surface area (Å²) in [5, 5.41) is 0.282. The highest BCUT2D eigenvalue weighted by Gasteiger charge is 2.44. The number of fused-ring (bicyclic) bond motifs is 2. The minimum atomic E-state index is -1.05. The zero-order chi connectivity index (χ0) is 25.4. The molecule has 1 aromatic heterocycles. The zero-order valence-corrected chi connectivity index (χ0v) is 20.9. The number of hydrogen-bond donors (Lipinski definition) is 0. The molecule has 0 N–H and O–H groups in total. The van der Waals surface area contributed by atoms with E-state index in [-0.39, 0.29) is 27.9 Å². The average Bonchev–Trinajstić information content (AvgIpc) is 3.17. The molecule has 182 valence electrons. The van der Waals surface area contributed by atoms with Gasteiger partial charge in [-0.1, -0.05) is 47.5 Å². The second-order valence-corrected chi connectivity index (χ2v) is 9.37. The first-order valence-corrected chi connectivity index (χ1v) is 12.3. The maximum atomic E-state index is 15.0. The fraction of sp³-hybridized carbons (Fsp3) is 0.179. The van der Waals surface area contributed by atoms with Gasteiger partial charge in [0.1, 0.15) is 11.4 Å². The molecular weight excluding hydrogens is 529 g/mol. The molecule has 2 heterocycles. The third-order valence-electron chi connectivity index (χ3n) is 6.14. The van der Waals surface area contributed by atoms with E-state index in [1.54, 1.807) is 60.7 Å². The van der Waals surface area contributed by atoms with Crippen molar-refractivity contribution in [2.45, 2.75) is 25.8 Å². The second kappa shape index (κ2) is 9.70. The molecule has 1 atom stereocenters. The quantitative estimate of drug-likeness (QED) is 0.205. The van der Waals surface area contributed by atoms with Crippen molar-refractivity contribution in [3.05, 3.63) is 110 Å². The van der Waals surface area contributed by atoms with Crippen molar-refractivity contribution >= 4 is 44.5 Å². The van der Waals surface area contributed by atoms with Gasteiger partial charge in [0.2, 0.25) is 5.76 Å². The molecule has 6 nitrogen and oxygen atoms in total. The van der Waals surface area contributed by atoms with Crippen molar-refractivity contribution in [3.63, 3.8) is 0 Å². The van der Waals surface area contributed by atoms with Crippen LogP contribution in [0.1, 0.15) is 57.8 Å². The van der Waals surface area contributed by atoms with Gasteiger partial charge < -0.3 is 9.15 Å². The molecule has 1 aliphatic heterocycles. The Kier molecular flexibility index (Phi) is 6.45. The third kappa shape index (κ3) is 4.11. The number of amides is 1. The molecule has 1 unspecified atom stereocenters. The Balaban J connectivity index is 1.64. The van der Waals surface area contributed by atoms with Crippen LogP contribution in [0.2, 0.25) is 0 Å². The number of carbonyl (C=O) groups excluding carboxylic acids is 2. The summed E-state index contributed by atoms with van der Waals surface area (Å²) >= 11 is 3.36. The van der Waals surface area contributed by atoms with Gasteiger partial charge in [0.25, 0.3) is 5.91 Å². The smallest absolute Gasteiger partial charge is 0.338 e. The number of ether oxygens (including phenoxy) is 1. The lowest BCUT2D eigenvalue weighted by molar-refractivity contribution is 0.0499. The van der Waals surface area contributed by atoms with Gasteiger partial charge in [-0.05, 0) is 55.0 Å². The Labute approximate surface area is 214 Å². The fourth-order valence-electron chi connectivity index (χ4n) is 4.35. The molecule has 3 aromatic carbocycles. The number of unbranched alkanes of at least 4 members (excludes halogenated alkanes) is 1. The number of benzene rings is 3. The lowest BCUT2D eigenvalue weighted by Gasteiger charge is -2.25. The van der Waals surface area contributed by atoms with E-state index < -0.39 is 29.2 Å². The van der Waals surface area contributed by atoms with Crippen LogP contribution in [0.5, 0.6) is 0 Å². The number of hydrogen-bond acceptors (Lipinski definition) is 5. The maximum absolute atomic E-state index is 15.0. The van der Waals surface area contributed by atoms with Crippen LogP contribution in [0.4, 0.5) is 10.1 Å². The minimum Gasteiger partial charge on any atom is -0.462 e. The highest BCUT2D eigenvalue weighted by atomic mass is 79.9. The molecule has 4 aromatic rings. The number of esters is 1. The summed E-state index contributed by atoms with van der Waals surface area (Å²) in [6, 6.07) is 16.1. The van der Waals surface area contributed by atoms with E-state index in [4.69, 9.17) is 9.15 Å². The van der Waals surface area contributed by atoms with Crippen LogP contribution in [0.15, 0.2) is 80.4 Å². The van der Waals surface area contributed by atoms with E-state index in [2.05, 4.69) is 15.9 Å². The Morgan fingerprint density at radius 1 is 1.08 bits per heavy atom. The molecule has 0 fully saturated rings. The van der Waals surface area contributed by atoms with E-state index in [0.29, 0.717) is 22.3 Å². The Bertz CT molecular complexity index is 1550. The van der Waals surface area contributed by atoms with Crippen molar-refractivity contribution in [2.24, 2.45) is 0 Å². The largest absolute Gasteiger partial charge is 0.462 e. The first kappa shape index (κ1) is 23.9. The first-order valence-electron chi connectivity index (χ1n) is 11.5. The van der Waals surface area contributed by atoms with Gasteiger partial charge in [0.15, 0.2) is 5.43 Å². The lowest BCUT2D eigenvalue weighted by atomic mass is 9.97. The number of halogens is 2. The molecule has 1 aliphatic rings. The minimum absolute atomic E-state index is 0.0683. The lowest BCUT2D eigenvalue weighted by Crippen LogP contribution is -2.30. The van der Waals surface area contributed by atoms with Crippen molar-refractivity contribution in [2.75, 3.05) is 11.5 Å². The number of anilines is 1. The van der Waals surface area contributed by atoms with Gasteiger partial charge in [-0.15, -0.1) is 0 Å². The van der Waals surface area contributed by atoms with E-state index >= 15 is 4.39 Å². The summed E-state index contributed by atoms with van der Waals surface area (Å²) < 4.78 is 26.9. The van der Waals surface area contributed by atoms with Gasteiger partial charge >= 0.3 is 5.97 Å². The van der Waals surface area contributed by atoms with Crippen molar-refractivity contribution in [1.29, 1.82) is 0 Å². The van der Waals surface area contributed by atoms with E-state index in [1.165, 1.54) is 11.0 Å². The van der Waals surface area contributed by atoms with E-state index in [1.807, 2.05) is 6.92 Å². The Morgan fingerprint density at radius 3 is 2.56 bits per heavy atom. The predicted molar refractivity (Wildman–Crippen MR) is 137 cm³/mol. The Morgan fingerprint density at radius 2 is 1.83 bits per heavy atom. The van der Waals surface area contributed by atoms with Gasteiger partial charge in [-0.3, -0.25) is 14.5 Å². The van der Waals surface area contributed by atoms with Crippen molar-refractivity contribution in [1.82, 2.24) is 0 Å². The SMILES string of the molecule is CCCCOC(=O)c1ccc(N2C(=O)c3oc4ccc(Br)cc4c(=O)c3C2c2ccccc2F)cc1. The zero-order valence-electron chi connectivity index (χ0n) is 19.3. The molecule has 1 amide bonds. The van der Waals surface area contributed by atoms with Crippen molar-refractivity contribution < 1.29 is 23.1 Å². The maximum Gasteiger partial charge on any atom is 0.338 e. The molecule has 0 saturated heterocycles. The van der Waals surface area contributed by atoms with Gasteiger partial charge in [0, 0.05) is 15.7 Å². The standard InChI is InChI=1S/C28H21BrFNO5/c1-2-3-14-35-28(34)16-8-11-18(12-9-16)31-24(19-6-4-5-7-21(19)30)23-25(32)20-15-17(29)10-13-22(20)36-26(23)27(31)33/h4-13,15,24H,2-3,14H2,1H3. The van der Waals surface area contributed by atoms with Crippen molar-refractivity contribution in [3.8, 4) is 0 Å². The second-order valence-electron chi connectivity index (χ2n) is 8.45. The number of carbonyl (C=O) groups is 2. The van der Waals surface area contributed by atoms with Crippen LogP contribution >= 0.6 is 15.9 Å². The number of rotatable bonds is 6. The average molecular weight is 550 g/mol. The van der Waals surface area contributed by atoms with Crippen LogP contribution < -0.4 is 10.3 Å². The monoisotopic (exact) mass is 549 g/mol. The topological polar surface area (TPSA) is 76.8 Å². The molecule has 0 radical (unpaired) electrons. The molecule has 0 bridgehead atoms. The summed E-state index contributed by atoms with van der Waals surface area (Å²) in [4.78, 5) is 40.9. The van der Waals surface area contributed by atoms with E-state index in [9.17, 15) is 14.4 Å². The number of nitrogens with zero attached hydrogens (tertiary/aromatic N) is 1. The predicted octanol–water partition coefficient (Wildman–Crippen LogP) is 6.40.